The summed E-state index contributed by atoms with van der Waals surface area (Å²) in [4.78, 5) is 8.75. The summed E-state index contributed by atoms with van der Waals surface area (Å²) in [6.07, 6.45) is 2.50. The molecule has 0 saturated heterocycles. The number of hydrogen-bond donors (Lipinski definition) is 0. The third-order valence-corrected chi connectivity index (χ3v) is 3.71. The van der Waals surface area contributed by atoms with Crippen LogP contribution in [0.2, 0.25) is 5.15 Å². The van der Waals surface area contributed by atoms with Gasteiger partial charge in [0.15, 0.2) is 5.15 Å². The highest BCUT2D eigenvalue weighted by Crippen LogP contribution is 2.20. The lowest BCUT2D eigenvalue weighted by Crippen LogP contribution is -2.01. The van der Waals surface area contributed by atoms with Crippen molar-refractivity contribution in [1.29, 1.82) is 0 Å². The molecule has 1 aromatic carbocycles. The summed E-state index contributed by atoms with van der Waals surface area (Å²) in [6, 6.07) is 7.85. The fraction of sp³-hybridized carbons (Fsp3) is 0.312. The Labute approximate surface area is 139 Å². The van der Waals surface area contributed by atoms with Crippen molar-refractivity contribution >= 4 is 22.6 Å². The molecule has 6 nitrogen and oxygen atoms in total. The van der Waals surface area contributed by atoms with Crippen LogP contribution in [0.4, 0.5) is 0 Å². The van der Waals surface area contributed by atoms with Gasteiger partial charge in [0.2, 0.25) is 0 Å². The molecule has 0 amide bonds. The lowest BCUT2D eigenvalue weighted by Gasteiger charge is -2.03. The van der Waals surface area contributed by atoms with E-state index in [-0.39, 0.29) is 0 Å². The number of hydrogen-bond acceptors (Lipinski definition) is 5. The SMILES string of the molecule is COCCc1nc(Cl)c2nn(Cc3ccc(OC)cc3)cc2n1. The van der Waals surface area contributed by atoms with Crippen LogP contribution in [-0.4, -0.2) is 40.6 Å². The summed E-state index contributed by atoms with van der Waals surface area (Å²) in [6.45, 7) is 1.19. The highest BCUT2D eigenvalue weighted by atomic mass is 35.5. The van der Waals surface area contributed by atoms with E-state index < -0.39 is 0 Å². The third-order valence-electron chi connectivity index (χ3n) is 3.45. The molecule has 7 heteroatoms. The molecule has 0 unspecified atom stereocenters. The van der Waals surface area contributed by atoms with Gasteiger partial charge in [-0.1, -0.05) is 23.7 Å². The second-order valence-corrected chi connectivity index (χ2v) is 5.44. The van der Waals surface area contributed by atoms with Crippen molar-refractivity contribution in [2.45, 2.75) is 13.0 Å². The smallest absolute Gasteiger partial charge is 0.160 e. The van der Waals surface area contributed by atoms with Crippen LogP contribution >= 0.6 is 11.6 Å². The number of methoxy groups -OCH3 is 2. The van der Waals surface area contributed by atoms with E-state index in [4.69, 9.17) is 21.1 Å². The zero-order chi connectivity index (χ0) is 16.2. The van der Waals surface area contributed by atoms with Gasteiger partial charge in [-0.2, -0.15) is 5.10 Å². The topological polar surface area (TPSA) is 62.1 Å². The average molecular weight is 333 g/mol. The van der Waals surface area contributed by atoms with Crippen molar-refractivity contribution in [3.8, 4) is 5.75 Å². The number of ether oxygens (including phenoxy) is 2. The van der Waals surface area contributed by atoms with E-state index in [0.29, 0.717) is 36.1 Å². The normalized spacial score (nSPS) is 11.1. The van der Waals surface area contributed by atoms with Gasteiger partial charge in [0.1, 0.15) is 22.6 Å². The first-order valence-electron chi connectivity index (χ1n) is 7.21. The molecule has 2 heterocycles. The number of fused-ring (bicyclic) bond motifs is 1. The van der Waals surface area contributed by atoms with Crippen LogP contribution < -0.4 is 4.74 Å². The Balaban J connectivity index is 1.85. The van der Waals surface area contributed by atoms with Gasteiger partial charge in [-0.05, 0) is 17.7 Å². The van der Waals surface area contributed by atoms with Crippen molar-refractivity contribution in [3.63, 3.8) is 0 Å². The Hall–Kier alpha value is -2.18. The molecule has 3 rings (SSSR count). The lowest BCUT2D eigenvalue weighted by molar-refractivity contribution is 0.200. The maximum atomic E-state index is 6.21. The van der Waals surface area contributed by atoms with E-state index in [2.05, 4.69) is 15.1 Å². The van der Waals surface area contributed by atoms with Gasteiger partial charge >= 0.3 is 0 Å². The van der Waals surface area contributed by atoms with Gasteiger partial charge in [-0.3, -0.25) is 4.68 Å². The van der Waals surface area contributed by atoms with Crippen molar-refractivity contribution < 1.29 is 9.47 Å². The molecule has 0 saturated carbocycles. The number of halogens is 1. The summed E-state index contributed by atoms with van der Waals surface area (Å²) in [5.74, 6) is 1.49. The minimum atomic E-state index is 0.370. The van der Waals surface area contributed by atoms with Gasteiger partial charge in [-0.25, -0.2) is 9.97 Å². The fourth-order valence-electron chi connectivity index (χ4n) is 2.27. The Bertz CT molecular complexity index is 802. The van der Waals surface area contributed by atoms with Crippen LogP contribution in [0.25, 0.3) is 11.0 Å². The zero-order valence-corrected chi connectivity index (χ0v) is 13.7. The minimum Gasteiger partial charge on any atom is -0.497 e. The first-order chi connectivity index (χ1) is 11.2. The minimum absolute atomic E-state index is 0.370. The Morgan fingerprint density at radius 2 is 1.91 bits per heavy atom. The molecule has 2 aromatic heterocycles. The van der Waals surface area contributed by atoms with Gasteiger partial charge in [0.25, 0.3) is 0 Å². The maximum Gasteiger partial charge on any atom is 0.160 e. The Morgan fingerprint density at radius 1 is 1.13 bits per heavy atom. The van der Waals surface area contributed by atoms with E-state index in [0.717, 1.165) is 16.8 Å². The van der Waals surface area contributed by atoms with Gasteiger partial charge < -0.3 is 9.47 Å². The fourth-order valence-corrected chi connectivity index (χ4v) is 2.51. The van der Waals surface area contributed by atoms with Gasteiger partial charge in [0.05, 0.1) is 26.5 Å². The van der Waals surface area contributed by atoms with Crippen molar-refractivity contribution in [1.82, 2.24) is 19.7 Å². The van der Waals surface area contributed by atoms with Crippen LogP contribution in [0.3, 0.4) is 0 Å². The van der Waals surface area contributed by atoms with Crippen molar-refractivity contribution in [3.05, 3.63) is 47.0 Å². The quantitative estimate of drug-likeness (QED) is 0.649. The second-order valence-electron chi connectivity index (χ2n) is 5.08. The van der Waals surface area contributed by atoms with Crippen molar-refractivity contribution in [2.24, 2.45) is 0 Å². The molecule has 0 aliphatic rings. The number of benzene rings is 1. The second kappa shape index (κ2) is 6.93. The number of nitrogens with zero attached hydrogens (tertiary/aromatic N) is 4. The predicted molar refractivity (Wildman–Crippen MR) is 88.0 cm³/mol. The molecule has 120 valence electrons. The molecular formula is C16H17ClN4O2. The van der Waals surface area contributed by atoms with Gasteiger partial charge in [0, 0.05) is 13.5 Å². The number of aromatic nitrogens is 4. The van der Waals surface area contributed by atoms with E-state index in [1.807, 2.05) is 35.1 Å². The molecule has 0 spiro atoms. The first kappa shape index (κ1) is 15.7. The van der Waals surface area contributed by atoms with Crippen LogP contribution in [0.5, 0.6) is 5.75 Å². The Kier molecular flexibility index (Phi) is 4.73. The molecule has 3 aromatic rings. The molecule has 23 heavy (non-hydrogen) atoms. The predicted octanol–water partition coefficient (Wildman–Crippen LogP) is 2.73. The van der Waals surface area contributed by atoms with Crippen LogP contribution in [0.15, 0.2) is 30.5 Å². The monoisotopic (exact) mass is 332 g/mol. The summed E-state index contributed by atoms with van der Waals surface area (Å²) >= 11 is 6.21. The largest absolute Gasteiger partial charge is 0.497 e. The number of rotatable bonds is 6. The Morgan fingerprint density at radius 3 is 2.61 bits per heavy atom. The highest BCUT2D eigenvalue weighted by molar-refractivity contribution is 6.33. The van der Waals surface area contributed by atoms with E-state index in [9.17, 15) is 0 Å². The lowest BCUT2D eigenvalue weighted by atomic mass is 10.2. The molecule has 0 bridgehead atoms. The molecule has 0 radical (unpaired) electrons. The van der Waals surface area contributed by atoms with Crippen LogP contribution in [-0.2, 0) is 17.7 Å². The molecule has 0 aliphatic heterocycles. The van der Waals surface area contributed by atoms with E-state index in [1.54, 1.807) is 14.2 Å². The van der Waals surface area contributed by atoms with Crippen LogP contribution in [0, 0.1) is 0 Å². The summed E-state index contributed by atoms with van der Waals surface area (Å²) in [5, 5.41) is 4.84. The highest BCUT2D eigenvalue weighted by Gasteiger charge is 2.11. The summed E-state index contributed by atoms with van der Waals surface area (Å²) < 4.78 is 12.0. The standard InChI is InChI=1S/C16H17ClN4O2/c1-22-8-7-14-18-13-10-21(20-15(13)16(17)19-14)9-11-3-5-12(23-2)6-4-11/h3-6,10H,7-9H2,1-2H3. The maximum absolute atomic E-state index is 6.21. The molecule has 0 N–H and O–H groups in total. The van der Waals surface area contributed by atoms with Crippen LogP contribution in [0.1, 0.15) is 11.4 Å². The van der Waals surface area contributed by atoms with Crippen molar-refractivity contribution in [2.75, 3.05) is 20.8 Å². The summed E-state index contributed by atoms with van der Waals surface area (Å²) in [7, 11) is 3.30. The molecular weight excluding hydrogens is 316 g/mol. The zero-order valence-electron chi connectivity index (χ0n) is 13.0. The average Bonchev–Trinajstić information content (AvgIpc) is 2.96. The van der Waals surface area contributed by atoms with E-state index >= 15 is 0 Å². The summed E-state index contributed by atoms with van der Waals surface area (Å²) in [5.41, 5.74) is 2.47. The third kappa shape index (κ3) is 3.60. The molecule has 0 aliphatic carbocycles. The van der Waals surface area contributed by atoms with E-state index in [1.165, 1.54) is 0 Å². The molecule has 0 atom stereocenters. The van der Waals surface area contributed by atoms with Gasteiger partial charge in [-0.15, -0.1) is 0 Å². The molecule has 0 fully saturated rings. The first-order valence-corrected chi connectivity index (χ1v) is 7.59.